The average molecular weight is 364 g/mol. The second-order valence-corrected chi connectivity index (χ2v) is 5.23. The van der Waals surface area contributed by atoms with E-state index in [0.29, 0.717) is 5.69 Å². The number of hydrogen-bond acceptors (Lipinski definition) is 4. The van der Waals surface area contributed by atoms with Crippen molar-refractivity contribution in [1.29, 1.82) is 0 Å². The average Bonchev–Trinajstić information content (AvgIpc) is 3.12. The summed E-state index contributed by atoms with van der Waals surface area (Å²) in [6.45, 7) is 1.91. The molecule has 0 spiro atoms. The van der Waals surface area contributed by atoms with Crippen molar-refractivity contribution in [3.05, 3.63) is 54.4 Å². The first-order chi connectivity index (χ1) is 12.2. The molecule has 26 heavy (non-hydrogen) atoms. The Morgan fingerprint density at radius 2 is 1.81 bits per heavy atom. The molecule has 0 radical (unpaired) electrons. The van der Waals surface area contributed by atoms with Gasteiger partial charge in [0.15, 0.2) is 0 Å². The van der Waals surface area contributed by atoms with Crippen LogP contribution < -0.4 is 5.73 Å². The molecular weight excluding hydrogens is 349 g/mol. The minimum Gasteiger partial charge on any atom is -0.475 e. The lowest BCUT2D eigenvalue weighted by Crippen LogP contribution is -2.21. The Hall–Kier alpha value is -3.36. The molecule has 0 atom stereocenters. The van der Waals surface area contributed by atoms with Crippen LogP contribution in [-0.4, -0.2) is 32.4 Å². The van der Waals surface area contributed by atoms with Crippen molar-refractivity contribution < 1.29 is 23.1 Å². The molecule has 2 aromatic heterocycles. The summed E-state index contributed by atoms with van der Waals surface area (Å²) in [6.07, 6.45) is -3.34. The second kappa shape index (κ2) is 7.68. The van der Waals surface area contributed by atoms with Gasteiger partial charge in [0.05, 0.1) is 22.8 Å². The largest absolute Gasteiger partial charge is 0.490 e. The number of aromatic amines is 1. The fourth-order valence-corrected chi connectivity index (χ4v) is 2.00. The van der Waals surface area contributed by atoms with Gasteiger partial charge in [-0.1, -0.05) is 18.2 Å². The van der Waals surface area contributed by atoms with E-state index in [9.17, 15) is 13.2 Å². The van der Waals surface area contributed by atoms with Crippen molar-refractivity contribution >= 4 is 11.7 Å². The number of carboxylic acid groups (broad SMARTS) is 1. The zero-order valence-corrected chi connectivity index (χ0v) is 13.6. The molecule has 0 aliphatic rings. The third kappa shape index (κ3) is 4.82. The number of nitrogens with one attached hydrogen (secondary N) is 1. The number of hydrogen-bond donors (Lipinski definition) is 3. The molecule has 2 heterocycles. The highest BCUT2D eigenvalue weighted by Gasteiger charge is 2.38. The smallest absolute Gasteiger partial charge is 0.475 e. The van der Waals surface area contributed by atoms with E-state index in [-0.39, 0.29) is 0 Å². The Labute approximate surface area is 146 Å². The molecule has 0 aliphatic carbocycles. The zero-order valence-electron chi connectivity index (χ0n) is 13.6. The molecule has 3 aromatic rings. The molecule has 0 unspecified atom stereocenters. The van der Waals surface area contributed by atoms with E-state index in [2.05, 4.69) is 21.2 Å². The number of rotatable bonds is 2. The number of alkyl halides is 3. The summed E-state index contributed by atoms with van der Waals surface area (Å²) in [5, 5.41) is 14.1. The van der Waals surface area contributed by atoms with Gasteiger partial charge < -0.3 is 10.8 Å². The predicted octanol–water partition coefficient (Wildman–Crippen LogP) is 3.66. The van der Waals surface area contributed by atoms with Gasteiger partial charge >= 0.3 is 12.1 Å². The minimum absolute atomic E-state index is 0.716. The standard InChI is InChI=1S/C15H14N4.C2HF3O2/c1-10-13(16)5-6-14(18-10)11-3-2-4-12(9-11)15-7-8-17-19-15;3-2(4,5)1(6)7/h2-9H,16H2,1H3,(H,17,19);(H,6,7). The Kier molecular flexibility index (Phi) is 5.61. The summed E-state index contributed by atoms with van der Waals surface area (Å²) >= 11 is 0. The van der Waals surface area contributed by atoms with Crippen LogP contribution in [0.2, 0.25) is 0 Å². The van der Waals surface area contributed by atoms with Crippen molar-refractivity contribution in [3.8, 4) is 22.5 Å². The van der Waals surface area contributed by atoms with Crippen molar-refractivity contribution in [3.63, 3.8) is 0 Å². The van der Waals surface area contributed by atoms with Crippen molar-refractivity contribution in [2.24, 2.45) is 0 Å². The van der Waals surface area contributed by atoms with Crippen LogP contribution in [0.1, 0.15) is 5.69 Å². The molecule has 0 aliphatic heterocycles. The number of nitrogens with two attached hydrogens (primary N) is 1. The molecule has 4 N–H and O–H groups in total. The Bertz CT molecular complexity index is 893. The molecule has 1 aromatic carbocycles. The fraction of sp³-hybridized carbons (Fsp3) is 0.118. The first kappa shape index (κ1) is 19.0. The lowest BCUT2D eigenvalue weighted by Gasteiger charge is -2.06. The number of halogens is 3. The van der Waals surface area contributed by atoms with Gasteiger partial charge in [-0.15, -0.1) is 0 Å². The van der Waals surface area contributed by atoms with Crippen LogP contribution in [0, 0.1) is 6.92 Å². The van der Waals surface area contributed by atoms with E-state index in [1.807, 2.05) is 43.3 Å². The number of anilines is 1. The van der Waals surface area contributed by atoms with Crippen LogP contribution in [0.25, 0.3) is 22.5 Å². The molecule has 0 amide bonds. The van der Waals surface area contributed by atoms with E-state index >= 15 is 0 Å². The maximum absolute atomic E-state index is 10.6. The van der Waals surface area contributed by atoms with E-state index in [0.717, 1.165) is 28.2 Å². The number of pyridine rings is 1. The summed E-state index contributed by atoms with van der Waals surface area (Å²) < 4.78 is 31.7. The maximum atomic E-state index is 10.6. The van der Waals surface area contributed by atoms with E-state index in [4.69, 9.17) is 15.6 Å². The van der Waals surface area contributed by atoms with E-state index in [1.54, 1.807) is 6.20 Å². The van der Waals surface area contributed by atoms with Gasteiger partial charge in [-0.3, -0.25) is 10.1 Å². The first-order valence-electron chi connectivity index (χ1n) is 7.32. The number of nitrogen functional groups attached to an aromatic ring is 1. The summed E-state index contributed by atoms with van der Waals surface area (Å²) in [5.41, 5.74) is 11.4. The number of carbonyl (C=O) groups is 1. The van der Waals surface area contributed by atoms with Gasteiger partial charge in [0, 0.05) is 17.3 Å². The van der Waals surface area contributed by atoms with Crippen LogP contribution in [0.4, 0.5) is 18.9 Å². The molecule has 0 saturated heterocycles. The Morgan fingerprint density at radius 3 is 2.35 bits per heavy atom. The highest BCUT2D eigenvalue weighted by molar-refractivity contribution is 5.73. The number of aromatic nitrogens is 3. The molecule has 9 heteroatoms. The summed E-state index contributed by atoms with van der Waals surface area (Å²) in [5.74, 6) is -2.76. The van der Waals surface area contributed by atoms with Gasteiger partial charge in [-0.2, -0.15) is 18.3 Å². The molecule has 0 bridgehead atoms. The molecular formula is C17H15F3N4O2. The Balaban J connectivity index is 0.000000298. The maximum Gasteiger partial charge on any atom is 0.490 e. The lowest BCUT2D eigenvalue weighted by atomic mass is 10.1. The van der Waals surface area contributed by atoms with Crippen LogP contribution >= 0.6 is 0 Å². The fourth-order valence-electron chi connectivity index (χ4n) is 2.00. The van der Waals surface area contributed by atoms with Gasteiger partial charge in [-0.25, -0.2) is 4.79 Å². The summed E-state index contributed by atoms with van der Waals surface area (Å²) in [4.78, 5) is 13.4. The van der Waals surface area contributed by atoms with Crippen LogP contribution in [0.5, 0.6) is 0 Å². The summed E-state index contributed by atoms with van der Waals surface area (Å²) in [7, 11) is 0. The topological polar surface area (TPSA) is 105 Å². The minimum atomic E-state index is -5.08. The molecule has 0 fully saturated rings. The number of nitrogens with zero attached hydrogens (tertiary/aromatic N) is 2. The second-order valence-electron chi connectivity index (χ2n) is 5.23. The third-order valence-corrected chi connectivity index (χ3v) is 3.34. The highest BCUT2D eigenvalue weighted by Crippen LogP contribution is 2.25. The normalized spacial score (nSPS) is 10.8. The van der Waals surface area contributed by atoms with Crippen molar-refractivity contribution in [1.82, 2.24) is 15.2 Å². The van der Waals surface area contributed by atoms with E-state index < -0.39 is 12.1 Å². The monoisotopic (exact) mass is 364 g/mol. The molecule has 6 nitrogen and oxygen atoms in total. The number of carboxylic acids is 1. The van der Waals surface area contributed by atoms with Gasteiger partial charge in [-0.05, 0) is 31.2 Å². The van der Waals surface area contributed by atoms with Gasteiger partial charge in [0.25, 0.3) is 0 Å². The number of aliphatic carboxylic acids is 1. The molecule has 136 valence electrons. The third-order valence-electron chi connectivity index (χ3n) is 3.34. The predicted molar refractivity (Wildman–Crippen MR) is 90.1 cm³/mol. The Morgan fingerprint density at radius 1 is 1.15 bits per heavy atom. The van der Waals surface area contributed by atoms with Crippen LogP contribution in [0.3, 0.4) is 0 Å². The molecule has 3 rings (SSSR count). The number of aryl methyl sites for hydroxylation is 1. The quantitative estimate of drug-likeness (QED) is 0.644. The van der Waals surface area contributed by atoms with Crippen molar-refractivity contribution in [2.45, 2.75) is 13.1 Å². The lowest BCUT2D eigenvalue weighted by molar-refractivity contribution is -0.192. The van der Waals surface area contributed by atoms with E-state index in [1.165, 1.54) is 0 Å². The van der Waals surface area contributed by atoms with Crippen LogP contribution in [0.15, 0.2) is 48.7 Å². The molecule has 0 saturated carbocycles. The first-order valence-corrected chi connectivity index (χ1v) is 7.32. The summed E-state index contributed by atoms with van der Waals surface area (Å²) in [6, 6.07) is 14.0. The zero-order chi connectivity index (χ0) is 19.3. The number of benzene rings is 1. The van der Waals surface area contributed by atoms with Crippen LogP contribution in [-0.2, 0) is 4.79 Å². The highest BCUT2D eigenvalue weighted by atomic mass is 19.4. The van der Waals surface area contributed by atoms with Crippen molar-refractivity contribution in [2.75, 3.05) is 5.73 Å². The van der Waals surface area contributed by atoms with Gasteiger partial charge in [0.1, 0.15) is 0 Å². The SMILES string of the molecule is Cc1nc(-c2cccc(-c3ccn[nH]3)c2)ccc1N.O=C(O)C(F)(F)F. The number of H-pyrrole nitrogens is 1. The van der Waals surface area contributed by atoms with Gasteiger partial charge in [0.2, 0.25) is 0 Å².